The molecule has 0 bridgehead atoms. The molecule has 6 rings (SSSR count). The number of halogens is 2. The Morgan fingerprint density at radius 1 is 1.13 bits per heavy atom. The number of anilines is 1. The Morgan fingerprint density at radius 2 is 1.85 bits per heavy atom. The van der Waals surface area contributed by atoms with Crippen molar-refractivity contribution in [2.75, 3.05) is 44.3 Å². The first-order valence-electron chi connectivity index (χ1n) is 15.1. The minimum absolute atomic E-state index is 0.0374. The number of alkyl halides is 2. The third-order valence-electron chi connectivity index (χ3n) is 8.69. The Labute approximate surface area is 275 Å². The van der Waals surface area contributed by atoms with E-state index in [4.69, 9.17) is 4.74 Å². The van der Waals surface area contributed by atoms with Crippen LogP contribution in [0.5, 0.6) is 0 Å². The molecule has 0 saturated carbocycles. The second-order valence-corrected chi connectivity index (χ2v) is 15.0. The summed E-state index contributed by atoms with van der Waals surface area (Å²) in [6.07, 6.45) is 0.102. The van der Waals surface area contributed by atoms with Crippen molar-refractivity contribution in [3.05, 3.63) is 58.4 Å². The van der Waals surface area contributed by atoms with Crippen molar-refractivity contribution in [1.82, 2.24) is 28.8 Å². The molecule has 1 aromatic carbocycles. The predicted molar refractivity (Wildman–Crippen MR) is 170 cm³/mol. The SMILES string of the molecule is Cc1ccc(CN(C2(C#N)COC2)S(=O)(=O)c2cc(N3CCN(C(=O)C(C)C)CC3)c3cnc(-c4nnc(C(F)F)s4)n3c2)cc1C. The zero-order valence-corrected chi connectivity index (χ0v) is 28.0. The van der Waals surface area contributed by atoms with Crippen LogP contribution in [-0.2, 0) is 26.1 Å². The van der Waals surface area contributed by atoms with E-state index in [-0.39, 0.29) is 47.3 Å². The normalized spacial score (nSPS) is 16.7. The minimum atomic E-state index is -4.39. The van der Waals surface area contributed by atoms with Gasteiger partial charge in [0.1, 0.15) is 4.90 Å². The summed E-state index contributed by atoms with van der Waals surface area (Å²) in [4.78, 5) is 20.8. The first-order valence-corrected chi connectivity index (χ1v) is 17.3. The second kappa shape index (κ2) is 12.5. The molecular formula is C31H34F2N8O4S2. The Balaban J connectivity index is 1.48. The van der Waals surface area contributed by atoms with Crippen LogP contribution in [0.3, 0.4) is 0 Å². The van der Waals surface area contributed by atoms with Gasteiger partial charge in [0, 0.05) is 44.8 Å². The standard InChI is InChI=1S/C31H34F2N8O4S2/c1-19(2)30(42)39-9-7-38(8-10-39)24-12-23(15-40-25(24)13-35-27(40)29-37-36-28(46-29)26(32)33)47(43,44)41(31(16-34)17-45-18-31)14-22-6-5-20(3)21(4)11-22/h5-6,11-13,15,19,26H,7-10,14,17-18H2,1-4H3. The van der Waals surface area contributed by atoms with Crippen LogP contribution < -0.4 is 4.90 Å². The van der Waals surface area contributed by atoms with Gasteiger partial charge in [-0.3, -0.25) is 9.20 Å². The van der Waals surface area contributed by atoms with E-state index >= 15 is 0 Å². The molecule has 16 heteroatoms. The molecule has 2 saturated heterocycles. The lowest BCUT2D eigenvalue weighted by Gasteiger charge is -2.43. The van der Waals surface area contributed by atoms with Crippen LogP contribution in [0.4, 0.5) is 14.5 Å². The Hall–Kier alpha value is -4.04. The highest BCUT2D eigenvalue weighted by atomic mass is 32.2. The van der Waals surface area contributed by atoms with Gasteiger partial charge in [-0.1, -0.05) is 43.4 Å². The summed E-state index contributed by atoms with van der Waals surface area (Å²) < 4.78 is 64.4. The van der Waals surface area contributed by atoms with Crippen LogP contribution in [0, 0.1) is 31.1 Å². The van der Waals surface area contributed by atoms with Gasteiger partial charge in [-0.2, -0.15) is 9.57 Å². The van der Waals surface area contributed by atoms with Crippen LogP contribution >= 0.6 is 11.3 Å². The van der Waals surface area contributed by atoms with Crippen molar-refractivity contribution < 1.29 is 26.7 Å². The van der Waals surface area contributed by atoms with Gasteiger partial charge in [-0.25, -0.2) is 22.2 Å². The summed E-state index contributed by atoms with van der Waals surface area (Å²) in [5.74, 6) is 0.0322. The Kier molecular flexibility index (Phi) is 8.77. The number of amides is 1. The summed E-state index contributed by atoms with van der Waals surface area (Å²) in [6.45, 7) is 9.05. The fraction of sp³-hybridized carbons (Fsp3) is 0.452. The number of hydrogen-bond acceptors (Lipinski definition) is 10. The molecule has 2 aliphatic heterocycles. The quantitative estimate of drug-likeness (QED) is 0.254. The molecule has 248 valence electrons. The number of aryl methyl sites for hydroxylation is 2. The number of nitrogens with zero attached hydrogens (tertiary/aromatic N) is 8. The van der Waals surface area contributed by atoms with E-state index in [1.165, 1.54) is 14.9 Å². The lowest BCUT2D eigenvalue weighted by atomic mass is 9.98. The van der Waals surface area contributed by atoms with Crippen molar-refractivity contribution >= 4 is 38.5 Å². The number of carbonyl (C=O) groups excluding carboxylic acids is 1. The molecule has 0 atom stereocenters. The minimum Gasteiger partial charge on any atom is -0.375 e. The Bertz CT molecular complexity index is 1980. The molecule has 2 aliphatic rings. The van der Waals surface area contributed by atoms with Gasteiger partial charge in [0.05, 0.1) is 36.7 Å². The van der Waals surface area contributed by atoms with Gasteiger partial charge in [0.2, 0.25) is 15.9 Å². The predicted octanol–water partition coefficient (Wildman–Crippen LogP) is 4.20. The lowest BCUT2D eigenvalue weighted by Crippen LogP contribution is -2.62. The number of pyridine rings is 1. The molecular weight excluding hydrogens is 651 g/mol. The average Bonchev–Trinajstić information content (AvgIpc) is 3.69. The molecule has 47 heavy (non-hydrogen) atoms. The number of sulfonamides is 1. The maximum atomic E-state index is 14.7. The zero-order valence-electron chi connectivity index (χ0n) is 26.4. The molecule has 12 nitrogen and oxygen atoms in total. The van der Waals surface area contributed by atoms with Crippen LogP contribution in [0.15, 0.2) is 41.6 Å². The third-order valence-corrected chi connectivity index (χ3v) is 11.5. The number of fused-ring (bicyclic) bond motifs is 1. The lowest BCUT2D eigenvalue weighted by molar-refractivity contribution is -0.134. The van der Waals surface area contributed by atoms with E-state index in [1.54, 1.807) is 17.2 Å². The summed E-state index contributed by atoms with van der Waals surface area (Å²) >= 11 is 0.673. The highest BCUT2D eigenvalue weighted by molar-refractivity contribution is 7.89. The number of carbonyl (C=O) groups is 1. The summed E-state index contributed by atoms with van der Waals surface area (Å²) in [5, 5.41) is 17.4. The van der Waals surface area contributed by atoms with Gasteiger partial charge < -0.3 is 14.5 Å². The van der Waals surface area contributed by atoms with E-state index in [0.717, 1.165) is 11.1 Å². The van der Waals surface area contributed by atoms with Gasteiger partial charge in [0.15, 0.2) is 21.4 Å². The molecule has 5 heterocycles. The summed E-state index contributed by atoms with van der Waals surface area (Å²) in [6, 6.07) is 9.39. The van der Waals surface area contributed by atoms with Crippen LogP contribution in [0.25, 0.3) is 16.3 Å². The topological polar surface area (TPSA) is 137 Å². The smallest absolute Gasteiger partial charge is 0.291 e. The molecule has 0 N–H and O–H groups in total. The Morgan fingerprint density at radius 3 is 2.43 bits per heavy atom. The van der Waals surface area contributed by atoms with Crippen molar-refractivity contribution in [1.29, 1.82) is 5.26 Å². The fourth-order valence-electron chi connectivity index (χ4n) is 5.77. The molecule has 0 spiro atoms. The second-order valence-electron chi connectivity index (χ2n) is 12.2. The van der Waals surface area contributed by atoms with E-state index in [0.29, 0.717) is 54.3 Å². The molecule has 3 aromatic heterocycles. The number of ether oxygens (including phenoxy) is 1. The average molecular weight is 685 g/mol. The number of hydrogen-bond donors (Lipinski definition) is 0. The number of piperazine rings is 1. The number of aromatic nitrogens is 4. The van der Waals surface area contributed by atoms with Gasteiger partial charge in [-0.05, 0) is 36.6 Å². The number of imidazole rings is 1. The van der Waals surface area contributed by atoms with Crippen LogP contribution in [0.1, 0.15) is 42.0 Å². The monoisotopic (exact) mass is 684 g/mol. The van der Waals surface area contributed by atoms with Crippen molar-refractivity contribution in [2.45, 2.75) is 51.1 Å². The van der Waals surface area contributed by atoms with Crippen LogP contribution in [0.2, 0.25) is 0 Å². The van der Waals surface area contributed by atoms with Crippen molar-refractivity contribution in [3.8, 4) is 16.9 Å². The molecule has 2 fully saturated rings. The van der Waals surface area contributed by atoms with E-state index in [2.05, 4.69) is 21.3 Å². The van der Waals surface area contributed by atoms with Gasteiger partial charge >= 0.3 is 0 Å². The summed E-state index contributed by atoms with van der Waals surface area (Å²) in [5.41, 5.74) is 2.37. The molecule has 0 unspecified atom stereocenters. The molecule has 1 amide bonds. The largest absolute Gasteiger partial charge is 0.375 e. The number of rotatable bonds is 9. The number of nitriles is 1. The molecule has 0 aliphatic carbocycles. The summed E-state index contributed by atoms with van der Waals surface area (Å²) in [7, 11) is -4.39. The van der Waals surface area contributed by atoms with Crippen molar-refractivity contribution in [3.63, 3.8) is 0 Å². The highest BCUT2D eigenvalue weighted by Gasteiger charge is 2.51. The van der Waals surface area contributed by atoms with E-state index < -0.39 is 27.0 Å². The van der Waals surface area contributed by atoms with E-state index in [9.17, 15) is 27.3 Å². The maximum absolute atomic E-state index is 14.7. The number of benzene rings is 1. The van der Waals surface area contributed by atoms with E-state index in [1.807, 2.05) is 50.8 Å². The first-order chi connectivity index (χ1) is 22.3. The first kappa shape index (κ1) is 32.9. The fourth-order valence-corrected chi connectivity index (χ4v) is 8.15. The highest BCUT2D eigenvalue weighted by Crippen LogP contribution is 2.37. The maximum Gasteiger partial charge on any atom is 0.291 e. The van der Waals surface area contributed by atoms with Gasteiger partial charge in [-0.15, -0.1) is 10.2 Å². The van der Waals surface area contributed by atoms with Crippen LogP contribution in [-0.4, -0.2) is 88.0 Å². The van der Waals surface area contributed by atoms with Crippen molar-refractivity contribution in [2.24, 2.45) is 5.92 Å². The molecule has 0 radical (unpaired) electrons. The van der Waals surface area contributed by atoms with Gasteiger partial charge in [0.25, 0.3) is 6.43 Å². The third kappa shape index (κ3) is 5.97. The zero-order chi connectivity index (χ0) is 33.7. The molecule has 4 aromatic rings.